The minimum Gasteiger partial charge on any atom is -0.374 e. The van der Waals surface area contributed by atoms with Crippen LogP contribution in [0.3, 0.4) is 0 Å². The minimum absolute atomic E-state index is 0.208. The lowest BCUT2D eigenvalue weighted by Crippen LogP contribution is -2.24. The fraction of sp³-hybridized carbons (Fsp3) is 0.316. The van der Waals surface area contributed by atoms with E-state index in [4.69, 9.17) is 0 Å². The van der Waals surface area contributed by atoms with E-state index in [1.165, 1.54) is 12.1 Å². The Bertz CT molecular complexity index is 940. The average molecular weight is 358 g/mol. The highest BCUT2D eigenvalue weighted by molar-refractivity contribution is 5.58. The normalized spacial score (nSPS) is 18.5. The van der Waals surface area contributed by atoms with E-state index in [9.17, 15) is 13.9 Å². The van der Waals surface area contributed by atoms with Crippen LogP contribution < -0.4 is 10.2 Å². The van der Waals surface area contributed by atoms with Crippen molar-refractivity contribution < 1.29 is 13.9 Å². The molecule has 7 heteroatoms. The van der Waals surface area contributed by atoms with E-state index >= 15 is 0 Å². The second kappa shape index (κ2) is 6.57. The van der Waals surface area contributed by atoms with Crippen LogP contribution in [-0.2, 0) is 0 Å². The SMILES string of the molecule is CC(O)Nc1cnc2ccc(N3CCCC3c3cc(F)ccc3F)cn12. The Kier molecular flexibility index (Phi) is 4.24. The second-order valence-electron chi connectivity index (χ2n) is 6.60. The highest BCUT2D eigenvalue weighted by Gasteiger charge is 2.29. The molecule has 0 saturated carbocycles. The van der Waals surface area contributed by atoms with Crippen molar-refractivity contribution in [1.82, 2.24) is 9.38 Å². The van der Waals surface area contributed by atoms with Gasteiger partial charge in [0.25, 0.3) is 0 Å². The third-order valence-corrected chi connectivity index (χ3v) is 4.75. The highest BCUT2D eigenvalue weighted by atomic mass is 19.1. The lowest BCUT2D eigenvalue weighted by atomic mass is 10.0. The van der Waals surface area contributed by atoms with Gasteiger partial charge in [-0.3, -0.25) is 4.40 Å². The first-order valence-electron chi connectivity index (χ1n) is 8.66. The molecule has 3 aromatic rings. The molecule has 0 spiro atoms. The number of aliphatic hydroxyl groups is 1. The van der Waals surface area contributed by atoms with E-state index in [0.717, 1.165) is 36.8 Å². The summed E-state index contributed by atoms with van der Waals surface area (Å²) in [5, 5.41) is 12.5. The quantitative estimate of drug-likeness (QED) is 0.698. The maximum atomic E-state index is 14.3. The van der Waals surface area contributed by atoms with Crippen molar-refractivity contribution in [2.24, 2.45) is 0 Å². The number of hydrogen-bond acceptors (Lipinski definition) is 4. The molecule has 26 heavy (non-hydrogen) atoms. The minimum atomic E-state index is -0.709. The zero-order valence-corrected chi connectivity index (χ0v) is 14.4. The van der Waals surface area contributed by atoms with Crippen LogP contribution in [0.1, 0.15) is 31.4 Å². The maximum absolute atomic E-state index is 14.3. The Morgan fingerprint density at radius 3 is 2.92 bits per heavy atom. The molecule has 1 aliphatic rings. The molecule has 4 rings (SSSR count). The van der Waals surface area contributed by atoms with Gasteiger partial charge in [0.2, 0.25) is 0 Å². The topological polar surface area (TPSA) is 52.8 Å². The predicted octanol–water partition coefficient (Wildman–Crippen LogP) is 3.70. The van der Waals surface area contributed by atoms with Gasteiger partial charge in [-0.2, -0.15) is 0 Å². The van der Waals surface area contributed by atoms with Gasteiger partial charge in [0, 0.05) is 18.3 Å². The van der Waals surface area contributed by atoms with Gasteiger partial charge in [0.15, 0.2) is 0 Å². The van der Waals surface area contributed by atoms with Gasteiger partial charge in [0.05, 0.1) is 17.9 Å². The van der Waals surface area contributed by atoms with Crippen LogP contribution in [-0.4, -0.2) is 27.3 Å². The molecule has 0 bridgehead atoms. The maximum Gasteiger partial charge on any atom is 0.138 e. The summed E-state index contributed by atoms with van der Waals surface area (Å²) < 4.78 is 29.8. The molecule has 1 fully saturated rings. The number of nitrogens with one attached hydrogen (secondary N) is 1. The summed E-state index contributed by atoms with van der Waals surface area (Å²) in [4.78, 5) is 6.39. The van der Waals surface area contributed by atoms with Gasteiger partial charge < -0.3 is 15.3 Å². The fourth-order valence-electron chi connectivity index (χ4n) is 3.63. The number of benzene rings is 1. The van der Waals surface area contributed by atoms with Gasteiger partial charge in [-0.25, -0.2) is 13.8 Å². The van der Waals surface area contributed by atoms with Crippen LogP contribution >= 0.6 is 0 Å². The first-order valence-corrected chi connectivity index (χ1v) is 8.66. The first-order chi connectivity index (χ1) is 12.5. The van der Waals surface area contributed by atoms with Crippen molar-refractivity contribution in [3.8, 4) is 0 Å². The molecule has 2 atom stereocenters. The van der Waals surface area contributed by atoms with Gasteiger partial charge in [-0.1, -0.05) is 0 Å². The average Bonchev–Trinajstić information content (AvgIpc) is 3.23. The van der Waals surface area contributed by atoms with E-state index in [0.29, 0.717) is 11.4 Å². The van der Waals surface area contributed by atoms with Crippen LogP contribution in [0, 0.1) is 11.6 Å². The summed E-state index contributed by atoms with van der Waals surface area (Å²) in [7, 11) is 0. The van der Waals surface area contributed by atoms with E-state index in [2.05, 4.69) is 15.2 Å². The summed E-state index contributed by atoms with van der Waals surface area (Å²) in [6.45, 7) is 2.40. The van der Waals surface area contributed by atoms with E-state index in [-0.39, 0.29) is 11.9 Å². The Morgan fingerprint density at radius 2 is 2.12 bits per heavy atom. The zero-order chi connectivity index (χ0) is 18.3. The highest BCUT2D eigenvalue weighted by Crippen LogP contribution is 2.37. The Balaban J connectivity index is 1.72. The van der Waals surface area contributed by atoms with Crippen molar-refractivity contribution in [3.63, 3.8) is 0 Å². The molecular weight excluding hydrogens is 338 g/mol. The standard InChI is InChI=1S/C19H20F2N4O/c1-12(26)23-19-10-22-18-7-5-14(11-25(18)19)24-8-2-3-17(24)15-9-13(20)4-6-16(15)21/h4-7,9-12,17,23,26H,2-3,8H2,1H3. The predicted molar refractivity (Wildman–Crippen MR) is 96.2 cm³/mol. The van der Waals surface area contributed by atoms with E-state index in [1.807, 2.05) is 22.7 Å². The molecule has 0 radical (unpaired) electrons. The largest absolute Gasteiger partial charge is 0.374 e. The molecule has 3 heterocycles. The molecule has 2 unspecified atom stereocenters. The lowest BCUT2D eigenvalue weighted by molar-refractivity contribution is 0.224. The number of anilines is 2. The third kappa shape index (κ3) is 2.99. The van der Waals surface area contributed by atoms with Crippen LogP contribution in [0.5, 0.6) is 0 Å². The van der Waals surface area contributed by atoms with Gasteiger partial charge in [-0.15, -0.1) is 0 Å². The van der Waals surface area contributed by atoms with Crippen LogP contribution in [0.2, 0.25) is 0 Å². The Hall–Kier alpha value is -2.67. The summed E-state index contributed by atoms with van der Waals surface area (Å²) in [6, 6.07) is 7.22. The second-order valence-corrected chi connectivity index (χ2v) is 6.60. The summed E-state index contributed by atoms with van der Waals surface area (Å²) >= 11 is 0. The number of rotatable bonds is 4. The van der Waals surface area contributed by atoms with Crippen LogP contribution in [0.4, 0.5) is 20.3 Å². The number of aliphatic hydroxyl groups excluding tert-OH is 1. The zero-order valence-electron chi connectivity index (χ0n) is 14.4. The number of fused-ring (bicyclic) bond motifs is 1. The molecule has 2 aromatic heterocycles. The molecule has 2 N–H and O–H groups in total. The number of pyridine rings is 1. The van der Waals surface area contributed by atoms with Crippen molar-refractivity contribution in [2.45, 2.75) is 32.0 Å². The van der Waals surface area contributed by atoms with Crippen molar-refractivity contribution in [3.05, 3.63) is 59.9 Å². The van der Waals surface area contributed by atoms with Crippen molar-refractivity contribution in [2.75, 3.05) is 16.8 Å². The first kappa shape index (κ1) is 16.8. The molecule has 136 valence electrons. The summed E-state index contributed by atoms with van der Waals surface area (Å²) in [6.07, 6.45) is 4.52. The van der Waals surface area contributed by atoms with Gasteiger partial charge in [0.1, 0.15) is 29.3 Å². The number of imidazole rings is 1. The number of halogens is 2. The van der Waals surface area contributed by atoms with Gasteiger partial charge >= 0.3 is 0 Å². The summed E-state index contributed by atoms with van der Waals surface area (Å²) in [5.41, 5.74) is 2.02. The van der Waals surface area contributed by atoms with E-state index in [1.54, 1.807) is 13.1 Å². The molecule has 1 aliphatic heterocycles. The summed E-state index contributed by atoms with van der Waals surface area (Å²) in [5.74, 6) is -0.144. The molecule has 1 aromatic carbocycles. The third-order valence-electron chi connectivity index (χ3n) is 4.75. The van der Waals surface area contributed by atoms with Crippen LogP contribution in [0.25, 0.3) is 5.65 Å². The fourth-order valence-corrected chi connectivity index (χ4v) is 3.63. The Morgan fingerprint density at radius 1 is 1.27 bits per heavy atom. The number of nitrogens with zero attached hydrogens (tertiary/aromatic N) is 3. The van der Waals surface area contributed by atoms with Crippen molar-refractivity contribution >= 4 is 17.2 Å². The van der Waals surface area contributed by atoms with Crippen molar-refractivity contribution in [1.29, 1.82) is 0 Å². The van der Waals surface area contributed by atoms with E-state index < -0.39 is 12.0 Å². The molecule has 5 nitrogen and oxygen atoms in total. The van der Waals surface area contributed by atoms with Gasteiger partial charge in [-0.05, 0) is 50.1 Å². The number of aromatic nitrogens is 2. The molecule has 1 saturated heterocycles. The lowest BCUT2D eigenvalue weighted by Gasteiger charge is -2.27. The number of hydrogen-bond donors (Lipinski definition) is 2. The van der Waals surface area contributed by atoms with Crippen LogP contribution in [0.15, 0.2) is 42.7 Å². The molecule has 0 amide bonds. The smallest absolute Gasteiger partial charge is 0.138 e. The molecular formula is C19H20F2N4O. The molecule has 0 aliphatic carbocycles. The monoisotopic (exact) mass is 358 g/mol. The Labute approximate surface area is 149 Å².